The Hall–Kier alpha value is -2.78. The van der Waals surface area contributed by atoms with E-state index in [-0.39, 0.29) is 37.3 Å². The highest BCUT2D eigenvalue weighted by molar-refractivity contribution is 6.30. The van der Waals surface area contributed by atoms with Crippen LogP contribution in [0.5, 0.6) is 0 Å². The number of benzene rings is 2. The number of alkyl halides is 3. The van der Waals surface area contributed by atoms with Crippen LogP contribution >= 0.6 is 11.6 Å². The van der Waals surface area contributed by atoms with Gasteiger partial charge in [-0.15, -0.1) is 0 Å². The molecular formula is C22H23ClF3N3O3. The Balaban J connectivity index is 1.69. The van der Waals surface area contributed by atoms with Crippen LogP contribution in [0.25, 0.3) is 0 Å². The van der Waals surface area contributed by atoms with Gasteiger partial charge in [-0.1, -0.05) is 41.9 Å². The standard InChI is InChI=1S/C22H23ClF3N3O3/c1-15(30)29-12-11-28(13-19(29)16-5-3-2-4-6-16)14-20(22(24,25)26)32-21(31)27-18-9-7-17(23)8-10-18/h2-10,19-20H,11-14H2,1H3,(H,27,31)/t19?,20-/m0/s1. The number of anilines is 1. The fourth-order valence-electron chi connectivity index (χ4n) is 3.59. The van der Waals surface area contributed by atoms with E-state index in [1.807, 2.05) is 30.3 Å². The third kappa shape index (κ3) is 6.37. The van der Waals surface area contributed by atoms with Gasteiger partial charge in [0.15, 0.2) is 0 Å². The highest BCUT2D eigenvalue weighted by Gasteiger charge is 2.45. The van der Waals surface area contributed by atoms with Gasteiger partial charge in [0.2, 0.25) is 12.0 Å². The molecule has 2 aromatic carbocycles. The van der Waals surface area contributed by atoms with E-state index in [1.165, 1.54) is 31.2 Å². The van der Waals surface area contributed by atoms with E-state index in [0.717, 1.165) is 5.56 Å². The molecule has 0 bridgehead atoms. The topological polar surface area (TPSA) is 61.9 Å². The van der Waals surface area contributed by atoms with Crippen LogP contribution in [-0.2, 0) is 9.53 Å². The molecule has 3 rings (SSSR count). The Kier molecular flexibility index (Phi) is 7.63. The minimum Gasteiger partial charge on any atom is -0.435 e. The van der Waals surface area contributed by atoms with Gasteiger partial charge in [-0.2, -0.15) is 13.2 Å². The van der Waals surface area contributed by atoms with E-state index in [4.69, 9.17) is 16.3 Å². The first-order valence-corrected chi connectivity index (χ1v) is 10.4. The molecule has 1 heterocycles. The fraction of sp³-hybridized carbons (Fsp3) is 0.364. The predicted octanol–water partition coefficient (Wildman–Crippen LogP) is 4.72. The predicted molar refractivity (Wildman–Crippen MR) is 114 cm³/mol. The largest absolute Gasteiger partial charge is 0.435 e. The zero-order valence-corrected chi connectivity index (χ0v) is 18.1. The van der Waals surface area contributed by atoms with Crippen molar-refractivity contribution in [1.29, 1.82) is 0 Å². The van der Waals surface area contributed by atoms with Gasteiger partial charge in [-0.05, 0) is 29.8 Å². The maximum absolute atomic E-state index is 13.6. The average molecular weight is 470 g/mol. The highest BCUT2D eigenvalue weighted by atomic mass is 35.5. The van der Waals surface area contributed by atoms with Gasteiger partial charge < -0.3 is 9.64 Å². The van der Waals surface area contributed by atoms with Crippen LogP contribution in [0, 0.1) is 0 Å². The van der Waals surface area contributed by atoms with Gasteiger partial charge in [0, 0.05) is 43.8 Å². The van der Waals surface area contributed by atoms with E-state index < -0.39 is 24.9 Å². The molecule has 1 aliphatic rings. The van der Waals surface area contributed by atoms with Crippen molar-refractivity contribution in [2.75, 3.05) is 31.5 Å². The van der Waals surface area contributed by atoms with Crippen molar-refractivity contribution in [3.63, 3.8) is 0 Å². The molecule has 0 aromatic heterocycles. The Morgan fingerprint density at radius 3 is 2.38 bits per heavy atom. The molecule has 2 aromatic rings. The summed E-state index contributed by atoms with van der Waals surface area (Å²) in [7, 11) is 0. The lowest BCUT2D eigenvalue weighted by Crippen LogP contribution is -2.54. The maximum Gasteiger partial charge on any atom is 0.426 e. The van der Waals surface area contributed by atoms with E-state index in [2.05, 4.69) is 5.32 Å². The monoisotopic (exact) mass is 469 g/mol. The van der Waals surface area contributed by atoms with E-state index >= 15 is 0 Å². The smallest absolute Gasteiger partial charge is 0.426 e. The number of halogens is 4. The summed E-state index contributed by atoms with van der Waals surface area (Å²) in [5, 5.41) is 2.70. The molecule has 172 valence electrons. The lowest BCUT2D eigenvalue weighted by atomic mass is 10.0. The van der Waals surface area contributed by atoms with Crippen LogP contribution in [0.15, 0.2) is 54.6 Å². The Morgan fingerprint density at radius 2 is 1.78 bits per heavy atom. The van der Waals surface area contributed by atoms with Gasteiger partial charge in [0.1, 0.15) is 0 Å². The second-order valence-electron chi connectivity index (χ2n) is 7.47. The van der Waals surface area contributed by atoms with Crippen molar-refractivity contribution in [3.8, 4) is 0 Å². The third-order valence-corrected chi connectivity index (χ3v) is 5.43. The fourth-order valence-corrected chi connectivity index (χ4v) is 3.72. The summed E-state index contributed by atoms with van der Waals surface area (Å²) in [4.78, 5) is 27.3. The van der Waals surface area contributed by atoms with Crippen LogP contribution in [0.2, 0.25) is 5.02 Å². The second-order valence-corrected chi connectivity index (χ2v) is 7.90. The number of nitrogens with one attached hydrogen (secondary N) is 1. The molecular weight excluding hydrogens is 447 g/mol. The summed E-state index contributed by atoms with van der Waals surface area (Å²) in [5.41, 5.74) is 1.09. The average Bonchev–Trinajstić information content (AvgIpc) is 2.74. The van der Waals surface area contributed by atoms with Crippen LogP contribution < -0.4 is 5.32 Å². The van der Waals surface area contributed by atoms with Gasteiger partial charge in [0.25, 0.3) is 0 Å². The number of piperazine rings is 1. The molecule has 2 amide bonds. The second kappa shape index (κ2) is 10.2. The molecule has 32 heavy (non-hydrogen) atoms. The van der Waals surface area contributed by atoms with Gasteiger partial charge in [-0.3, -0.25) is 15.0 Å². The third-order valence-electron chi connectivity index (χ3n) is 5.18. The molecule has 0 saturated carbocycles. The zero-order chi connectivity index (χ0) is 23.3. The highest BCUT2D eigenvalue weighted by Crippen LogP contribution is 2.29. The summed E-state index contributed by atoms with van der Waals surface area (Å²) in [6.45, 7) is 1.60. The van der Waals surface area contributed by atoms with E-state index in [9.17, 15) is 22.8 Å². The Labute approximate surface area is 188 Å². The molecule has 1 fully saturated rings. The van der Waals surface area contributed by atoms with Crippen molar-refractivity contribution in [2.45, 2.75) is 25.2 Å². The summed E-state index contributed by atoms with van der Waals surface area (Å²) in [6, 6.07) is 14.6. The Morgan fingerprint density at radius 1 is 1.12 bits per heavy atom. The molecule has 10 heteroatoms. The first kappa shape index (κ1) is 23.9. The number of carbonyl (C=O) groups is 2. The first-order valence-electron chi connectivity index (χ1n) is 9.98. The quantitative estimate of drug-likeness (QED) is 0.688. The minimum absolute atomic E-state index is 0.149. The van der Waals surface area contributed by atoms with Crippen LogP contribution in [0.3, 0.4) is 0 Å². The number of amides is 2. The van der Waals surface area contributed by atoms with Gasteiger partial charge >= 0.3 is 12.3 Å². The molecule has 6 nitrogen and oxygen atoms in total. The molecule has 1 N–H and O–H groups in total. The Bertz CT molecular complexity index is 926. The van der Waals surface area contributed by atoms with Crippen molar-refractivity contribution in [3.05, 3.63) is 65.2 Å². The number of hydrogen-bond acceptors (Lipinski definition) is 4. The normalized spacial score (nSPS) is 18.2. The number of carbonyl (C=O) groups excluding carboxylic acids is 2. The number of ether oxygens (including phenoxy) is 1. The van der Waals surface area contributed by atoms with Crippen molar-refractivity contribution in [1.82, 2.24) is 9.80 Å². The number of rotatable bonds is 5. The van der Waals surface area contributed by atoms with Crippen molar-refractivity contribution in [2.24, 2.45) is 0 Å². The van der Waals surface area contributed by atoms with Crippen molar-refractivity contribution < 1.29 is 27.5 Å². The van der Waals surface area contributed by atoms with Crippen LogP contribution in [0.4, 0.5) is 23.7 Å². The molecule has 0 aliphatic carbocycles. The van der Waals surface area contributed by atoms with Crippen molar-refractivity contribution >= 4 is 29.3 Å². The lowest BCUT2D eigenvalue weighted by molar-refractivity contribution is -0.208. The summed E-state index contributed by atoms with van der Waals surface area (Å²) < 4.78 is 45.7. The zero-order valence-electron chi connectivity index (χ0n) is 17.3. The molecule has 0 radical (unpaired) electrons. The summed E-state index contributed by atoms with van der Waals surface area (Å²) in [6.07, 6.45) is -8.29. The SMILES string of the molecule is CC(=O)N1CCN(C[C@H](OC(=O)Nc2ccc(Cl)cc2)C(F)(F)F)CC1c1ccccc1. The molecule has 0 spiro atoms. The first-order chi connectivity index (χ1) is 15.1. The molecule has 2 atom stereocenters. The number of hydrogen-bond donors (Lipinski definition) is 1. The summed E-state index contributed by atoms with van der Waals surface area (Å²) in [5.74, 6) is -0.149. The van der Waals surface area contributed by atoms with Gasteiger partial charge in [0.05, 0.1) is 6.04 Å². The molecule has 1 saturated heterocycles. The van der Waals surface area contributed by atoms with Crippen LogP contribution in [-0.4, -0.2) is 60.3 Å². The number of nitrogens with zero attached hydrogens (tertiary/aromatic N) is 2. The van der Waals surface area contributed by atoms with Crippen LogP contribution in [0.1, 0.15) is 18.5 Å². The van der Waals surface area contributed by atoms with E-state index in [1.54, 1.807) is 9.80 Å². The minimum atomic E-state index is -4.75. The maximum atomic E-state index is 13.6. The molecule has 1 aliphatic heterocycles. The molecule has 1 unspecified atom stereocenters. The van der Waals surface area contributed by atoms with Gasteiger partial charge in [-0.25, -0.2) is 4.79 Å². The van der Waals surface area contributed by atoms with E-state index in [0.29, 0.717) is 5.02 Å². The summed E-state index contributed by atoms with van der Waals surface area (Å²) >= 11 is 5.76. The lowest BCUT2D eigenvalue weighted by Gasteiger charge is -2.42.